The second kappa shape index (κ2) is 6.33. The van der Waals surface area contributed by atoms with Crippen LogP contribution in [-0.4, -0.2) is 32.4 Å². The zero-order valence-electron chi connectivity index (χ0n) is 11.1. The van der Waals surface area contributed by atoms with Crippen molar-refractivity contribution in [2.45, 2.75) is 24.1 Å². The Kier molecular flexibility index (Phi) is 5.21. The zero-order valence-corrected chi connectivity index (χ0v) is 11.9. The maximum absolute atomic E-state index is 12.0. The van der Waals surface area contributed by atoms with E-state index in [9.17, 15) is 26.4 Å². The fourth-order valence-corrected chi connectivity index (χ4v) is 2.64. The fourth-order valence-electron chi connectivity index (χ4n) is 1.38. The van der Waals surface area contributed by atoms with Gasteiger partial charge in [0.1, 0.15) is 11.0 Å². The number of hydrogen-bond acceptors (Lipinski definition) is 4. The summed E-state index contributed by atoms with van der Waals surface area (Å²) < 4.78 is 64.0. The van der Waals surface area contributed by atoms with Gasteiger partial charge in [-0.3, -0.25) is 4.79 Å². The van der Waals surface area contributed by atoms with Crippen molar-refractivity contribution >= 4 is 15.7 Å². The third-order valence-electron chi connectivity index (χ3n) is 2.63. The molecule has 0 aliphatic carbocycles. The molecule has 0 fully saturated rings. The summed E-state index contributed by atoms with van der Waals surface area (Å²) in [6.07, 6.45) is -4.45. The molecule has 2 N–H and O–H groups in total. The molecule has 21 heavy (non-hydrogen) atoms. The lowest BCUT2D eigenvalue weighted by molar-refractivity contribution is -0.153. The molecule has 0 aliphatic rings. The highest BCUT2D eigenvalue weighted by molar-refractivity contribution is 7.92. The average Bonchev–Trinajstić information content (AvgIpc) is 2.35. The van der Waals surface area contributed by atoms with Crippen LogP contribution in [0.15, 0.2) is 24.3 Å². The van der Waals surface area contributed by atoms with Crippen LogP contribution in [0.5, 0.6) is 5.75 Å². The number of benzene rings is 1. The SMILES string of the molecule is C[C@@H](C(N)=O)S(=O)(=O)Cc1ccc(OCC(F)(F)F)cc1. The summed E-state index contributed by atoms with van der Waals surface area (Å²) in [4.78, 5) is 10.9. The third-order valence-corrected chi connectivity index (χ3v) is 4.68. The summed E-state index contributed by atoms with van der Waals surface area (Å²) in [5, 5.41) is -1.33. The molecule has 0 spiro atoms. The van der Waals surface area contributed by atoms with E-state index in [-0.39, 0.29) is 5.75 Å². The van der Waals surface area contributed by atoms with Crippen molar-refractivity contribution < 1.29 is 31.1 Å². The van der Waals surface area contributed by atoms with E-state index in [1.807, 2.05) is 0 Å². The van der Waals surface area contributed by atoms with Crippen molar-refractivity contribution in [3.63, 3.8) is 0 Å². The Morgan fingerprint density at radius 3 is 2.24 bits per heavy atom. The van der Waals surface area contributed by atoms with Gasteiger partial charge in [0.25, 0.3) is 0 Å². The van der Waals surface area contributed by atoms with E-state index in [2.05, 4.69) is 4.74 Å². The van der Waals surface area contributed by atoms with E-state index < -0.39 is 39.5 Å². The highest BCUT2D eigenvalue weighted by atomic mass is 32.2. The van der Waals surface area contributed by atoms with Gasteiger partial charge in [0.15, 0.2) is 16.4 Å². The number of primary amides is 1. The first-order valence-corrected chi connectivity index (χ1v) is 7.52. The number of carbonyl (C=O) groups is 1. The Hall–Kier alpha value is -1.77. The smallest absolute Gasteiger partial charge is 0.422 e. The number of hydrogen-bond donors (Lipinski definition) is 1. The van der Waals surface area contributed by atoms with E-state index >= 15 is 0 Å². The molecule has 0 saturated heterocycles. The van der Waals surface area contributed by atoms with Gasteiger partial charge in [0.2, 0.25) is 5.91 Å². The van der Waals surface area contributed by atoms with Crippen molar-refractivity contribution in [3.8, 4) is 5.75 Å². The molecule has 0 bridgehead atoms. The molecule has 1 amide bonds. The van der Waals surface area contributed by atoms with Gasteiger partial charge in [-0.1, -0.05) is 12.1 Å². The Morgan fingerprint density at radius 1 is 1.29 bits per heavy atom. The van der Waals surface area contributed by atoms with Crippen molar-refractivity contribution in [1.82, 2.24) is 0 Å². The normalized spacial score (nSPS) is 13.7. The highest BCUT2D eigenvalue weighted by Crippen LogP contribution is 2.20. The fraction of sp³-hybridized carbons (Fsp3) is 0.417. The lowest BCUT2D eigenvalue weighted by Gasteiger charge is -2.11. The van der Waals surface area contributed by atoms with Crippen molar-refractivity contribution in [3.05, 3.63) is 29.8 Å². The molecule has 1 aromatic carbocycles. The number of alkyl halides is 3. The van der Waals surface area contributed by atoms with E-state index in [1.165, 1.54) is 31.2 Å². The van der Waals surface area contributed by atoms with Gasteiger partial charge in [0.05, 0.1) is 5.75 Å². The van der Waals surface area contributed by atoms with Crippen LogP contribution >= 0.6 is 0 Å². The topological polar surface area (TPSA) is 86.5 Å². The Morgan fingerprint density at radius 2 is 1.81 bits per heavy atom. The summed E-state index contributed by atoms with van der Waals surface area (Å²) in [7, 11) is -3.76. The number of nitrogens with two attached hydrogens (primary N) is 1. The Balaban J connectivity index is 2.73. The van der Waals surface area contributed by atoms with Crippen LogP contribution in [0.2, 0.25) is 0 Å². The second-order valence-corrected chi connectivity index (χ2v) is 6.72. The van der Waals surface area contributed by atoms with Gasteiger partial charge in [0, 0.05) is 0 Å². The zero-order chi connectivity index (χ0) is 16.3. The first-order valence-electron chi connectivity index (χ1n) is 5.80. The molecule has 9 heteroatoms. The van der Waals surface area contributed by atoms with E-state index in [0.29, 0.717) is 5.56 Å². The maximum Gasteiger partial charge on any atom is 0.422 e. The molecular formula is C12H14F3NO4S. The predicted octanol–water partition coefficient (Wildman–Crippen LogP) is 1.42. The quantitative estimate of drug-likeness (QED) is 0.857. The molecule has 0 unspecified atom stereocenters. The largest absolute Gasteiger partial charge is 0.484 e. The van der Waals surface area contributed by atoms with E-state index in [1.54, 1.807) is 0 Å². The highest BCUT2D eigenvalue weighted by Gasteiger charge is 2.28. The predicted molar refractivity (Wildman–Crippen MR) is 69.3 cm³/mol. The average molecular weight is 325 g/mol. The van der Waals surface area contributed by atoms with Gasteiger partial charge < -0.3 is 10.5 Å². The first-order chi connectivity index (χ1) is 9.51. The molecule has 1 rings (SSSR count). The van der Waals surface area contributed by atoms with E-state index in [0.717, 1.165) is 0 Å². The molecule has 118 valence electrons. The number of sulfone groups is 1. The van der Waals surface area contributed by atoms with E-state index in [4.69, 9.17) is 5.73 Å². The van der Waals surface area contributed by atoms with Crippen LogP contribution in [0, 0.1) is 0 Å². The van der Waals surface area contributed by atoms with Gasteiger partial charge in [-0.2, -0.15) is 13.2 Å². The number of carbonyl (C=O) groups excluding carboxylic acids is 1. The first kappa shape index (κ1) is 17.3. The number of amides is 1. The minimum absolute atomic E-state index is 0.0311. The molecule has 5 nitrogen and oxygen atoms in total. The molecule has 1 atom stereocenters. The molecule has 0 heterocycles. The van der Waals surface area contributed by atoms with Crippen molar-refractivity contribution in [2.24, 2.45) is 5.73 Å². The summed E-state index contributed by atoms with van der Waals surface area (Å²) in [5.41, 5.74) is 5.26. The number of rotatable bonds is 6. The lowest BCUT2D eigenvalue weighted by Crippen LogP contribution is -2.33. The minimum atomic E-state index is -4.45. The second-order valence-electron chi connectivity index (χ2n) is 4.40. The lowest BCUT2D eigenvalue weighted by atomic mass is 10.2. The van der Waals surface area contributed by atoms with Gasteiger partial charge >= 0.3 is 6.18 Å². The summed E-state index contributed by atoms with van der Waals surface area (Å²) in [5.74, 6) is -1.42. The summed E-state index contributed by atoms with van der Waals surface area (Å²) in [6, 6.07) is 5.09. The van der Waals surface area contributed by atoms with Crippen LogP contribution in [-0.2, 0) is 20.4 Å². The Bertz CT molecular complexity index is 596. The molecular weight excluding hydrogens is 311 g/mol. The van der Waals surface area contributed by atoms with Gasteiger partial charge in [-0.05, 0) is 24.6 Å². The number of halogens is 3. The maximum atomic E-state index is 12.0. The molecule has 0 radical (unpaired) electrons. The van der Waals surface area contributed by atoms with Crippen LogP contribution in [0.3, 0.4) is 0 Å². The Labute approximate surface area is 119 Å². The monoisotopic (exact) mass is 325 g/mol. The summed E-state index contributed by atoms with van der Waals surface area (Å²) >= 11 is 0. The van der Waals surface area contributed by atoms with Gasteiger partial charge in [-0.25, -0.2) is 8.42 Å². The molecule has 1 aromatic rings. The third kappa shape index (κ3) is 5.62. The standard InChI is InChI=1S/C12H14F3NO4S/c1-8(11(16)17)21(18,19)6-9-2-4-10(5-3-9)20-7-12(13,14)15/h2-5,8H,6-7H2,1H3,(H2,16,17)/t8-/m0/s1. The number of ether oxygens (including phenoxy) is 1. The van der Waals surface area contributed by atoms with Gasteiger partial charge in [-0.15, -0.1) is 0 Å². The molecule has 0 saturated carbocycles. The van der Waals surface area contributed by atoms with Crippen LogP contribution in [0.25, 0.3) is 0 Å². The molecule has 0 aliphatic heterocycles. The molecule has 0 aromatic heterocycles. The van der Waals surface area contributed by atoms with Crippen LogP contribution in [0.1, 0.15) is 12.5 Å². The van der Waals surface area contributed by atoms with Crippen LogP contribution in [0.4, 0.5) is 13.2 Å². The van der Waals surface area contributed by atoms with Crippen molar-refractivity contribution in [2.75, 3.05) is 6.61 Å². The minimum Gasteiger partial charge on any atom is -0.484 e. The summed E-state index contributed by atoms with van der Waals surface area (Å²) in [6.45, 7) is -0.248. The van der Waals surface area contributed by atoms with Crippen LogP contribution < -0.4 is 10.5 Å². The van der Waals surface area contributed by atoms with Crippen molar-refractivity contribution in [1.29, 1.82) is 0 Å².